The highest BCUT2D eigenvalue weighted by Crippen LogP contribution is 2.32. The molecule has 0 aliphatic heterocycles. The van der Waals surface area contributed by atoms with E-state index in [1.54, 1.807) is 12.1 Å². The molecule has 1 aromatic carbocycles. The van der Waals surface area contributed by atoms with Gasteiger partial charge in [-0.05, 0) is 42.0 Å². The van der Waals surface area contributed by atoms with Gasteiger partial charge in [-0.2, -0.15) is 0 Å². The number of hydrogen-bond acceptors (Lipinski definition) is 3. The highest BCUT2D eigenvalue weighted by Gasteiger charge is 2.30. The first-order valence-electron chi connectivity index (χ1n) is 5.12. The number of halogens is 3. The third kappa shape index (κ3) is 3.16. The molecule has 2 aromatic rings. The summed E-state index contributed by atoms with van der Waals surface area (Å²) in [6.07, 6.45) is -4.65. The van der Waals surface area contributed by atoms with Crippen molar-refractivity contribution in [3.8, 4) is 16.2 Å². The summed E-state index contributed by atoms with van der Waals surface area (Å²) in [6, 6.07) is 9.65. The molecule has 0 spiro atoms. The van der Waals surface area contributed by atoms with Crippen LogP contribution in [0, 0.1) is 0 Å². The lowest BCUT2D eigenvalue weighted by Crippen LogP contribution is -2.16. The van der Waals surface area contributed by atoms with Gasteiger partial charge in [-0.1, -0.05) is 0 Å². The Kier molecular flexibility index (Phi) is 3.47. The molecule has 0 aliphatic rings. The van der Waals surface area contributed by atoms with Gasteiger partial charge in [-0.15, -0.1) is 24.5 Å². The van der Waals surface area contributed by atoms with Crippen molar-refractivity contribution in [2.45, 2.75) is 6.36 Å². The number of ether oxygens (including phenoxy) is 1. The monoisotopic (exact) mass is 273 g/mol. The third-order valence-electron chi connectivity index (χ3n) is 2.22. The summed E-state index contributed by atoms with van der Waals surface area (Å²) < 4.78 is 39.8. The number of nitrogens with one attached hydrogen (secondary N) is 1. The molecule has 1 heterocycles. The predicted octanol–water partition coefficient (Wildman–Crippen LogP) is 4.36. The van der Waals surface area contributed by atoms with E-state index < -0.39 is 6.36 Å². The summed E-state index contributed by atoms with van der Waals surface area (Å²) in [5, 5.41) is 4.01. The molecule has 96 valence electrons. The van der Waals surface area contributed by atoms with Crippen molar-refractivity contribution in [1.82, 2.24) is 0 Å². The second-order valence-corrected chi connectivity index (χ2v) is 4.57. The maximum Gasteiger partial charge on any atom is 0.573 e. The summed E-state index contributed by atoms with van der Waals surface area (Å²) in [6.45, 7) is 0. The average Bonchev–Trinajstić information content (AvgIpc) is 2.76. The zero-order valence-corrected chi connectivity index (χ0v) is 10.2. The molecule has 6 heteroatoms. The molecular weight excluding hydrogens is 263 g/mol. The van der Waals surface area contributed by atoms with Gasteiger partial charge >= 0.3 is 6.36 Å². The fourth-order valence-corrected chi connectivity index (χ4v) is 2.31. The minimum atomic E-state index is -4.65. The lowest BCUT2D eigenvalue weighted by atomic mass is 10.2. The second-order valence-electron chi connectivity index (χ2n) is 3.49. The molecule has 0 aliphatic carbocycles. The molecule has 2 rings (SSSR count). The van der Waals surface area contributed by atoms with E-state index in [4.69, 9.17) is 0 Å². The standard InChI is InChI=1S/C12H10F3NOS/c1-16-11-7-6-10(18-11)8-2-4-9(5-3-8)17-12(13,14)15/h2-7,16H,1H3. The first-order valence-corrected chi connectivity index (χ1v) is 5.93. The molecule has 1 aromatic heterocycles. The van der Waals surface area contributed by atoms with Crippen molar-refractivity contribution in [3.63, 3.8) is 0 Å². The molecule has 0 fully saturated rings. The first kappa shape index (κ1) is 12.8. The maximum absolute atomic E-state index is 12.0. The van der Waals surface area contributed by atoms with Crippen molar-refractivity contribution in [3.05, 3.63) is 36.4 Å². The summed E-state index contributed by atoms with van der Waals surface area (Å²) in [7, 11) is 1.82. The Morgan fingerprint density at radius 1 is 1.06 bits per heavy atom. The van der Waals surface area contributed by atoms with Crippen molar-refractivity contribution in [1.29, 1.82) is 0 Å². The Bertz CT molecular complexity index is 519. The topological polar surface area (TPSA) is 21.3 Å². The first-order chi connectivity index (χ1) is 8.48. The normalized spacial score (nSPS) is 11.3. The van der Waals surface area contributed by atoms with Gasteiger partial charge in [0.1, 0.15) is 5.75 Å². The van der Waals surface area contributed by atoms with E-state index in [9.17, 15) is 13.2 Å². The van der Waals surface area contributed by atoms with Crippen molar-refractivity contribution in [2.24, 2.45) is 0 Å². The fourth-order valence-electron chi connectivity index (χ4n) is 1.45. The van der Waals surface area contributed by atoms with Gasteiger partial charge in [0.2, 0.25) is 0 Å². The molecule has 0 atom stereocenters. The molecule has 0 radical (unpaired) electrons. The van der Waals surface area contributed by atoms with E-state index in [2.05, 4.69) is 10.1 Å². The van der Waals surface area contributed by atoms with Gasteiger partial charge < -0.3 is 10.1 Å². The van der Waals surface area contributed by atoms with Crippen LogP contribution in [0.4, 0.5) is 18.2 Å². The van der Waals surface area contributed by atoms with E-state index >= 15 is 0 Å². The van der Waals surface area contributed by atoms with E-state index in [1.165, 1.54) is 23.5 Å². The largest absolute Gasteiger partial charge is 0.573 e. The number of rotatable bonds is 3. The highest BCUT2D eigenvalue weighted by molar-refractivity contribution is 7.19. The Labute approximate surface area is 106 Å². The van der Waals surface area contributed by atoms with Crippen LogP contribution < -0.4 is 10.1 Å². The van der Waals surface area contributed by atoms with Crippen LogP contribution in [0.1, 0.15) is 0 Å². The van der Waals surface area contributed by atoms with Crippen LogP contribution in [0.5, 0.6) is 5.75 Å². The number of benzene rings is 1. The van der Waals surface area contributed by atoms with Gasteiger partial charge in [0.05, 0.1) is 5.00 Å². The molecular formula is C12H10F3NOS. The van der Waals surface area contributed by atoms with Crippen LogP contribution in [0.25, 0.3) is 10.4 Å². The number of thiophene rings is 1. The van der Waals surface area contributed by atoms with Crippen LogP contribution in [-0.4, -0.2) is 13.4 Å². The molecule has 0 saturated heterocycles. The summed E-state index contributed by atoms with van der Waals surface area (Å²) >= 11 is 1.53. The lowest BCUT2D eigenvalue weighted by molar-refractivity contribution is -0.274. The molecule has 18 heavy (non-hydrogen) atoms. The predicted molar refractivity (Wildman–Crippen MR) is 66.0 cm³/mol. The van der Waals surface area contributed by atoms with Crippen molar-refractivity contribution >= 4 is 16.3 Å². The Morgan fingerprint density at radius 3 is 2.22 bits per heavy atom. The number of hydrogen-bond donors (Lipinski definition) is 1. The lowest BCUT2D eigenvalue weighted by Gasteiger charge is -2.08. The van der Waals surface area contributed by atoms with Crippen LogP contribution >= 0.6 is 11.3 Å². The zero-order chi connectivity index (χ0) is 13.2. The summed E-state index contributed by atoms with van der Waals surface area (Å²) in [5.41, 5.74) is 0.857. The van der Waals surface area contributed by atoms with E-state index in [1.807, 2.05) is 19.2 Å². The van der Waals surface area contributed by atoms with Crippen molar-refractivity contribution in [2.75, 3.05) is 12.4 Å². The van der Waals surface area contributed by atoms with E-state index in [-0.39, 0.29) is 5.75 Å². The summed E-state index contributed by atoms with van der Waals surface area (Å²) in [5.74, 6) is -0.211. The Morgan fingerprint density at radius 2 is 1.72 bits per heavy atom. The van der Waals surface area contributed by atoms with E-state index in [0.29, 0.717) is 0 Å². The van der Waals surface area contributed by atoms with Crippen molar-refractivity contribution < 1.29 is 17.9 Å². The maximum atomic E-state index is 12.0. The fraction of sp³-hybridized carbons (Fsp3) is 0.167. The molecule has 0 saturated carbocycles. The quantitative estimate of drug-likeness (QED) is 0.897. The molecule has 0 unspecified atom stereocenters. The van der Waals surface area contributed by atoms with Gasteiger partial charge in [0.25, 0.3) is 0 Å². The molecule has 0 bridgehead atoms. The second kappa shape index (κ2) is 4.89. The number of alkyl halides is 3. The average molecular weight is 273 g/mol. The van der Waals surface area contributed by atoms with Gasteiger partial charge in [-0.25, -0.2) is 0 Å². The molecule has 0 amide bonds. The highest BCUT2D eigenvalue weighted by atomic mass is 32.1. The minimum absolute atomic E-state index is 0.211. The van der Waals surface area contributed by atoms with Gasteiger partial charge in [0.15, 0.2) is 0 Å². The van der Waals surface area contributed by atoms with Gasteiger partial charge in [0, 0.05) is 11.9 Å². The molecule has 1 N–H and O–H groups in total. The van der Waals surface area contributed by atoms with Crippen LogP contribution in [-0.2, 0) is 0 Å². The third-order valence-corrected chi connectivity index (χ3v) is 3.38. The van der Waals surface area contributed by atoms with Crippen LogP contribution in [0.15, 0.2) is 36.4 Å². The van der Waals surface area contributed by atoms with Crippen LogP contribution in [0.2, 0.25) is 0 Å². The Hall–Kier alpha value is -1.69. The Balaban J connectivity index is 2.17. The minimum Gasteiger partial charge on any atom is -0.406 e. The van der Waals surface area contributed by atoms with Gasteiger partial charge in [-0.3, -0.25) is 0 Å². The zero-order valence-electron chi connectivity index (χ0n) is 9.41. The number of anilines is 1. The van der Waals surface area contributed by atoms with Crippen LogP contribution in [0.3, 0.4) is 0 Å². The summed E-state index contributed by atoms with van der Waals surface area (Å²) in [4.78, 5) is 0.984. The smallest absolute Gasteiger partial charge is 0.406 e. The van der Waals surface area contributed by atoms with E-state index in [0.717, 1.165) is 15.4 Å². The molecule has 2 nitrogen and oxygen atoms in total. The SMILES string of the molecule is CNc1ccc(-c2ccc(OC(F)(F)F)cc2)s1.